The fourth-order valence-corrected chi connectivity index (χ4v) is 2.54. The first-order chi connectivity index (χ1) is 8.50. The van der Waals surface area contributed by atoms with Gasteiger partial charge in [-0.05, 0) is 23.8 Å². The number of nitrogens with zero attached hydrogens (tertiary/aromatic N) is 2. The van der Waals surface area contributed by atoms with E-state index in [9.17, 15) is 12.8 Å². The van der Waals surface area contributed by atoms with Gasteiger partial charge in [0.1, 0.15) is 5.82 Å². The van der Waals surface area contributed by atoms with Crippen LogP contribution in [0.15, 0.2) is 41.6 Å². The predicted molar refractivity (Wildman–Crippen MR) is 63.6 cm³/mol. The Morgan fingerprint density at radius 3 is 2.50 bits per heavy atom. The Morgan fingerprint density at radius 2 is 1.94 bits per heavy atom. The third kappa shape index (κ3) is 2.57. The number of benzene rings is 1. The Hall–Kier alpha value is -1.73. The van der Waals surface area contributed by atoms with Crippen molar-refractivity contribution in [3.63, 3.8) is 0 Å². The number of sulfonamides is 1. The van der Waals surface area contributed by atoms with Gasteiger partial charge >= 0.3 is 0 Å². The highest BCUT2D eigenvalue weighted by molar-refractivity contribution is 7.89. The summed E-state index contributed by atoms with van der Waals surface area (Å²) in [4.78, 5) is 0. The fraction of sp³-hybridized carbons (Fsp3) is 0.182. The number of aromatic amines is 1. The smallest absolute Gasteiger partial charge is 0.260 e. The zero-order valence-corrected chi connectivity index (χ0v) is 10.5. The van der Waals surface area contributed by atoms with E-state index in [1.165, 1.54) is 35.7 Å². The zero-order valence-electron chi connectivity index (χ0n) is 9.67. The van der Waals surface area contributed by atoms with E-state index in [1.807, 2.05) is 0 Å². The highest BCUT2D eigenvalue weighted by Gasteiger charge is 2.21. The Balaban J connectivity index is 2.17. The van der Waals surface area contributed by atoms with Crippen LogP contribution in [0.4, 0.5) is 4.39 Å². The summed E-state index contributed by atoms with van der Waals surface area (Å²) in [5, 5.41) is 6.06. The molecule has 2 aromatic rings. The second kappa shape index (κ2) is 4.87. The molecule has 1 N–H and O–H groups in total. The van der Waals surface area contributed by atoms with E-state index in [-0.39, 0.29) is 17.4 Å². The molecule has 0 fully saturated rings. The van der Waals surface area contributed by atoms with Gasteiger partial charge in [0.2, 0.25) is 0 Å². The van der Waals surface area contributed by atoms with Crippen molar-refractivity contribution >= 4 is 10.0 Å². The molecule has 0 amide bonds. The van der Waals surface area contributed by atoms with Crippen molar-refractivity contribution in [2.75, 3.05) is 7.05 Å². The zero-order chi connectivity index (χ0) is 13.2. The molecule has 96 valence electrons. The molecule has 0 spiro atoms. The Labute approximate surface area is 104 Å². The average molecular weight is 269 g/mol. The Kier molecular flexibility index (Phi) is 3.44. The van der Waals surface area contributed by atoms with Gasteiger partial charge in [0.25, 0.3) is 10.0 Å². The van der Waals surface area contributed by atoms with Crippen molar-refractivity contribution < 1.29 is 12.8 Å². The maximum atomic E-state index is 12.7. The summed E-state index contributed by atoms with van der Waals surface area (Å²) in [7, 11) is -2.12. The number of nitrogens with one attached hydrogen (secondary N) is 1. The quantitative estimate of drug-likeness (QED) is 0.911. The molecule has 0 atom stereocenters. The van der Waals surface area contributed by atoms with Crippen LogP contribution in [0.25, 0.3) is 0 Å². The summed E-state index contributed by atoms with van der Waals surface area (Å²) in [6.07, 6.45) is 1.37. The Morgan fingerprint density at radius 1 is 1.28 bits per heavy atom. The van der Waals surface area contributed by atoms with Crippen molar-refractivity contribution in [2.45, 2.75) is 11.6 Å². The molecule has 7 heteroatoms. The van der Waals surface area contributed by atoms with Gasteiger partial charge in [-0.3, -0.25) is 5.10 Å². The van der Waals surface area contributed by atoms with Crippen LogP contribution >= 0.6 is 0 Å². The number of H-pyrrole nitrogens is 1. The SMILES string of the molecule is CN(Cc1ccc(F)cc1)S(=O)(=O)c1ccn[nH]1. The molecule has 2 rings (SSSR count). The minimum Gasteiger partial charge on any atom is -0.266 e. The topological polar surface area (TPSA) is 66.1 Å². The first-order valence-corrected chi connectivity index (χ1v) is 6.64. The molecule has 0 aliphatic rings. The third-order valence-corrected chi connectivity index (χ3v) is 4.21. The molecule has 0 saturated carbocycles. The summed E-state index contributed by atoms with van der Waals surface area (Å²) in [5.41, 5.74) is 0.710. The van der Waals surface area contributed by atoms with Gasteiger partial charge in [-0.15, -0.1) is 0 Å². The van der Waals surface area contributed by atoms with Gasteiger partial charge in [-0.25, -0.2) is 12.8 Å². The highest BCUT2D eigenvalue weighted by atomic mass is 32.2. The van der Waals surface area contributed by atoms with E-state index in [0.717, 1.165) is 0 Å². The lowest BCUT2D eigenvalue weighted by molar-refractivity contribution is 0.463. The number of hydrogen-bond acceptors (Lipinski definition) is 3. The molecule has 18 heavy (non-hydrogen) atoms. The molecule has 5 nitrogen and oxygen atoms in total. The lowest BCUT2D eigenvalue weighted by atomic mass is 10.2. The number of aromatic nitrogens is 2. The molecule has 0 bridgehead atoms. The number of hydrogen-bond donors (Lipinski definition) is 1. The van der Waals surface area contributed by atoms with Crippen molar-refractivity contribution in [1.82, 2.24) is 14.5 Å². The number of rotatable bonds is 4. The van der Waals surface area contributed by atoms with Gasteiger partial charge in [-0.1, -0.05) is 12.1 Å². The van der Waals surface area contributed by atoms with E-state index in [2.05, 4.69) is 10.2 Å². The molecule has 1 heterocycles. The second-order valence-corrected chi connectivity index (χ2v) is 5.82. The maximum absolute atomic E-state index is 12.7. The van der Waals surface area contributed by atoms with E-state index in [4.69, 9.17) is 0 Å². The fourth-order valence-electron chi connectivity index (χ4n) is 1.49. The van der Waals surface area contributed by atoms with E-state index < -0.39 is 10.0 Å². The van der Waals surface area contributed by atoms with E-state index >= 15 is 0 Å². The maximum Gasteiger partial charge on any atom is 0.260 e. The van der Waals surface area contributed by atoms with Gasteiger partial charge in [0, 0.05) is 13.6 Å². The van der Waals surface area contributed by atoms with E-state index in [0.29, 0.717) is 5.56 Å². The lowest BCUT2D eigenvalue weighted by Crippen LogP contribution is -2.26. The van der Waals surface area contributed by atoms with Crippen molar-refractivity contribution in [3.8, 4) is 0 Å². The average Bonchev–Trinajstić information content (AvgIpc) is 2.86. The molecule has 0 saturated heterocycles. The molecule has 0 aliphatic heterocycles. The molecule has 1 aromatic carbocycles. The highest BCUT2D eigenvalue weighted by Crippen LogP contribution is 2.14. The van der Waals surface area contributed by atoms with Crippen LogP contribution in [0.1, 0.15) is 5.56 Å². The molecule has 0 aliphatic carbocycles. The van der Waals surface area contributed by atoms with Crippen LogP contribution < -0.4 is 0 Å². The van der Waals surface area contributed by atoms with Crippen LogP contribution in [0.2, 0.25) is 0 Å². The molecular formula is C11H12FN3O2S. The summed E-state index contributed by atoms with van der Waals surface area (Å²) in [6, 6.07) is 7.08. The summed E-state index contributed by atoms with van der Waals surface area (Å²) >= 11 is 0. The van der Waals surface area contributed by atoms with Crippen LogP contribution in [0.3, 0.4) is 0 Å². The van der Waals surface area contributed by atoms with Crippen molar-refractivity contribution in [2.24, 2.45) is 0 Å². The van der Waals surface area contributed by atoms with Gasteiger partial charge < -0.3 is 0 Å². The first kappa shape index (κ1) is 12.7. The van der Waals surface area contributed by atoms with Crippen molar-refractivity contribution in [1.29, 1.82) is 0 Å². The molecule has 0 radical (unpaired) electrons. The summed E-state index contributed by atoms with van der Waals surface area (Å²) < 4.78 is 38.0. The normalized spacial score (nSPS) is 11.9. The Bertz CT molecular complexity index is 608. The van der Waals surface area contributed by atoms with Gasteiger partial charge in [0.15, 0.2) is 5.03 Å². The molecule has 1 aromatic heterocycles. The first-order valence-electron chi connectivity index (χ1n) is 5.20. The lowest BCUT2D eigenvalue weighted by Gasteiger charge is -2.15. The monoisotopic (exact) mass is 269 g/mol. The summed E-state index contributed by atoms with van der Waals surface area (Å²) in [5.74, 6) is -0.349. The van der Waals surface area contributed by atoms with Gasteiger partial charge in [0.05, 0.1) is 6.20 Å². The van der Waals surface area contributed by atoms with Crippen LogP contribution in [0, 0.1) is 5.82 Å². The molecule has 0 unspecified atom stereocenters. The van der Waals surface area contributed by atoms with E-state index in [1.54, 1.807) is 12.1 Å². The van der Waals surface area contributed by atoms with Gasteiger partial charge in [-0.2, -0.15) is 9.40 Å². The largest absolute Gasteiger partial charge is 0.266 e. The van der Waals surface area contributed by atoms with Crippen molar-refractivity contribution in [3.05, 3.63) is 47.9 Å². The van der Waals surface area contributed by atoms with Crippen LogP contribution in [-0.2, 0) is 16.6 Å². The predicted octanol–water partition coefficient (Wildman–Crippen LogP) is 1.37. The second-order valence-electron chi connectivity index (χ2n) is 3.81. The minimum absolute atomic E-state index is 0.0344. The van der Waals surface area contributed by atoms with Crippen LogP contribution in [0.5, 0.6) is 0 Å². The number of halogens is 1. The summed E-state index contributed by atoms with van der Waals surface area (Å²) in [6.45, 7) is 0.168. The molecular weight excluding hydrogens is 257 g/mol. The standard InChI is InChI=1S/C11H12FN3O2S/c1-15(8-9-2-4-10(12)5-3-9)18(16,17)11-6-7-13-14-11/h2-7H,8H2,1H3,(H,13,14). The minimum atomic E-state index is -3.58. The third-order valence-electron chi connectivity index (χ3n) is 2.48. The van der Waals surface area contributed by atoms with Crippen LogP contribution in [-0.4, -0.2) is 30.0 Å².